The SMILES string of the molecule is NCc1cc(F)ccc1COc1ccc(F)cc1. The van der Waals surface area contributed by atoms with Gasteiger partial charge in [0, 0.05) is 6.54 Å². The molecule has 2 nitrogen and oxygen atoms in total. The third-order valence-corrected chi connectivity index (χ3v) is 2.60. The molecule has 0 saturated carbocycles. The highest BCUT2D eigenvalue weighted by Gasteiger charge is 2.04. The highest BCUT2D eigenvalue weighted by molar-refractivity contribution is 5.28. The van der Waals surface area contributed by atoms with Gasteiger partial charge in [-0.05, 0) is 47.5 Å². The second-order valence-electron chi connectivity index (χ2n) is 3.86. The van der Waals surface area contributed by atoms with E-state index in [0.29, 0.717) is 11.3 Å². The Bertz CT molecular complexity index is 526. The van der Waals surface area contributed by atoms with Gasteiger partial charge in [0.25, 0.3) is 0 Å². The van der Waals surface area contributed by atoms with Crippen LogP contribution in [0.15, 0.2) is 42.5 Å². The molecule has 18 heavy (non-hydrogen) atoms. The van der Waals surface area contributed by atoms with E-state index in [2.05, 4.69) is 0 Å². The van der Waals surface area contributed by atoms with Gasteiger partial charge in [-0.1, -0.05) is 6.07 Å². The second kappa shape index (κ2) is 5.60. The normalized spacial score (nSPS) is 10.4. The summed E-state index contributed by atoms with van der Waals surface area (Å²) in [6.45, 7) is 0.526. The van der Waals surface area contributed by atoms with Gasteiger partial charge < -0.3 is 10.5 Å². The maximum atomic E-state index is 13.0. The van der Waals surface area contributed by atoms with Gasteiger partial charge in [-0.3, -0.25) is 0 Å². The van der Waals surface area contributed by atoms with Crippen LogP contribution >= 0.6 is 0 Å². The highest BCUT2D eigenvalue weighted by Crippen LogP contribution is 2.16. The van der Waals surface area contributed by atoms with Crippen molar-refractivity contribution in [2.45, 2.75) is 13.2 Å². The van der Waals surface area contributed by atoms with Crippen LogP contribution in [0, 0.1) is 11.6 Å². The summed E-state index contributed by atoms with van der Waals surface area (Å²) < 4.78 is 31.2. The van der Waals surface area contributed by atoms with E-state index in [1.165, 1.54) is 24.3 Å². The number of hydrogen-bond acceptors (Lipinski definition) is 2. The predicted octanol–water partition coefficient (Wildman–Crippen LogP) is 3.00. The minimum atomic E-state index is -0.319. The molecule has 0 atom stereocenters. The zero-order valence-corrected chi connectivity index (χ0v) is 9.70. The zero-order chi connectivity index (χ0) is 13.0. The summed E-state index contributed by atoms with van der Waals surface area (Å²) in [5.74, 6) is -0.0727. The molecule has 0 aliphatic carbocycles. The zero-order valence-electron chi connectivity index (χ0n) is 9.70. The Morgan fingerprint density at radius 1 is 0.889 bits per heavy atom. The molecule has 0 radical (unpaired) electrons. The van der Waals surface area contributed by atoms with Crippen molar-refractivity contribution in [3.05, 3.63) is 65.2 Å². The molecule has 4 heteroatoms. The standard InChI is InChI=1S/C14H13F2NO/c15-12-3-5-14(6-4-12)18-9-10-1-2-13(16)7-11(10)8-17/h1-7H,8-9,17H2. The van der Waals surface area contributed by atoms with E-state index in [1.54, 1.807) is 18.2 Å². The van der Waals surface area contributed by atoms with E-state index in [-0.39, 0.29) is 24.8 Å². The lowest BCUT2D eigenvalue weighted by atomic mass is 10.1. The predicted molar refractivity (Wildman–Crippen MR) is 65.0 cm³/mol. The number of benzene rings is 2. The Morgan fingerprint density at radius 2 is 1.56 bits per heavy atom. The molecule has 94 valence electrons. The fourth-order valence-corrected chi connectivity index (χ4v) is 1.62. The summed E-state index contributed by atoms with van der Waals surface area (Å²) in [7, 11) is 0. The van der Waals surface area contributed by atoms with Crippen LogP contribution in [-0.2, 0) is 13.2 Å². The Hall–Kier alpha value is -1.94. The minimum Gasteiger partial charge on any atom is -0.489 e. The van der Waals surface area contributed by atoms with E-state index in [0.717, 1.165) is 5.56 Å². The molecule has 0 aliphatic heterocycles. The third-order valence-electron chi connectivity index (χ3n) is 2.60. The maximum absolute atomic E-state index is 13.0. The molecule has 0 aromatic heterocycles. The third kappa shape index (κ3) is 3.05. The molecule has 0 amide bonds. The van der Waals surface area contributed by atoms with Gasteiger partial charge in [0.05, 0.1) is 0 Å². The Morgan fingerprint density at radius 3 is 2.22 bits per heavy atom. The summed E-state index contributed by atoms with van der Waals surface area (Å²) in [4.78, 5) is 0. The van der Waals surface area contributed by atoms with E-state index in [1.807, 2.05) is 0 Å². The van der Waals surface area contributed by atoms with Crippen LogP contribution in [0.4, 0.5) is 8.78 Å². The van der Waals surface area contributed by atoms with Crippen LogP contribution < -0.4 is 10.5 Å². The molecule has 2 rings (SSSR count). The van der Waals surface area contributed by atoms with Crippen molar-refractivity contribution in [2.24, 2.45) is 5.73 Å². The summed E-state index contributed by atoms with van der Waals surface area (Å²) in [5, 5.41) is 0. The molecule has 2 aromatic carbocycles. The van der Waals surface area contributed by atoms with E-state index in [9.17, 15) is 8.78 Å². The van der Waals surface area contributed by atoms with Gasteiger partial charge in [-0.15, -0.1) is 0 Å². The van der Waals surface area contributed by atoms with Crippen molar-refractivity contribution < 1.29 is 13.5 Å². The van der Waals surface area contributed by atoms with Crippen LogP contribution in [0.5, 0.6) is 5.75 Å². The van der Waals surface area contributed by atoms with E-state index in [4.69, 9.17) is 10.5 Å². The van der Waals surface area contributed by atoms with Gasteiger partial charge in [0.1, 0.15) is 24.0 Å². The monoisotopic (exact) mass is 249 g/mol. The lowest BCUT2D eigenvalue weighted by molar-refractivity contribution is 0.304. The van der Waals surface area contributed by atoms with Crippen LogP contribution in [-0.4, -0.2) is 0 Å². The number of hydrogen-bond donors (Lipinski definition) is 1. The fraction of sp³-hybridized carbons (Fsp3) is 0.143. The molecular weight excluding hydrogens is 236 g/mol. The summed E-state index contributed by atoms with van der Waals surface area (Å²) >= 11 is 0. The molecule has 0 spiro atoms. The molecule has 2 N–H and O–H groups in total. The van der Waals surface area contributed by atoms with Crippen molar-refractivity contribution >= 4 is 0 Å². The fourth-order valence-electron chi connectivity index (χ4n) is 1.62. The Balaban J connectivity index is 2.08. The molecular formula is C14H13F2NO. The van der Waals surface area contributed by atoms with Crippen LogP contribution in [0.3, 0.4) is 0 Å². The van der Waals surface area contributed by atoms with Gasteiger partial charge in [0.2, 0.25) is 0 Å². The quantitative estimate of drug-likeness (QED) is 0.904. The van der Waals surface area contributed by atoms with Crippen LogP contribution in [0.25, 0.3) is 0 Å². The first-order valence-corrected chi connectivity index (χ1v) is 5.55. The Labute approximate surface area is 104 Å². The number of halogens is 2. The molecule has 0 heterocycles. The van der Waals surface area contributed by atoms with Gasteiger partial charge in [-0.2, -0.15) is 0 Å². The smallest absolute Gasteiger partial charge is 0.123 e. The highest BCUT2D eigenvalue weighted by atomic mass is 19.1. The average molecular weight is 249 g/mol. The van der Waals surface area contributed by atoms with Crippen molar-refractivity contribution in [3.8, 4) is 5.75 Å². The largest absolute Gasteiger partial charge is 0.489 e. The van der Waals surface area contributed by atoms with Crippen molar-refractivity contribution in [1.29, 1.82) is 0 Å². The number of nitrogens with two attached hydrogens (primary N) is 1. The first-order chi connectivity index (χ1) is 8.69. The topological polar surface area (TPSA) is 35.2 Å². The molecule has 0 bridgehead atoms. The van der Waals surface area contributed by atoms with Gasteiger partial charge in [0.15, 0.2) is 0 Å². The minimum absolute atomic E-state index is 0.250. The summed E-state index contributed by atoms with van der Waals surface area (Å²) in [5.41, 5.74) is 7.06. The second-order valence-corrected chi connectivity index (χ2v) is 3.86. The maximum Gasteiger partial charge on any atom is 0.123 e. The Kier molecular flexibility index (Phi) is 3.89. The van der Waals surface area contributed by atoms with Crippen molar-refractivity contribution in [1.82, 2.24) is 0 Å². The average Bonchev–Trinajstić information content (AvgIpc) is 2.39. The molecule has 0 aliphatic rings. The molecule has 0 saturated heterocycles. The number of ether oxygens (including phenoxy) is 1. The van der Waals surface area contributed by atoms with Gasteiger partial charge >= 0.3 is 0 Å². The van der Waals surface area contributed by atoms with Gasteiger partial charge in [-0.25, -0.2) is 8.78 Å². The van der Waals surface area contributed by atoms with Crippen molar-refractivity contribution in [2.75, 3.05) is 0 Å². The van der Waals surface area contributed by atoms with Crippen molar-refractivity contribution in [3.63, 3.8) is 0 Å². The molecule has 0 unspecified atom stereocenters. The summed E-state index contributed by atoms with van der Waals surface area (Å²) in [6.07, 6.45) is 0. The number of rotatable bonds is 4. The van der Waals surface area contributed by atoms with Crippen LogP contribution in [0.2, 0.25) is 0 Å². The lowest BCUT2D eigenvalue weighted by Crippen LogP contribution is -2.05. The first kappa shape index (κ1) is 12.5. The lowest BCUT2D eigenvalue weighted by Gasteiger charge is -2.10. The first-order valence-electron chi connectivity index (χ1n) is 5.55. The van der Waals surface area contributed by atoms with E-state index < -0.39 is 0 Å². The van der Waals surface area contributed by atoms with Crippen LogP contribution in [0.1, 0.15) is 11.1 Å². The molecule has 0 fully saturated rings. The summed E-state index contributed by atoms with van der Waals surface area (Å²) in [6, 6.07) is 10.1. The van der Waals surface area contributed by atoms with E-state index >= 15 is 0 Å². The molecule has 2 aromatic rings.